The van der Waals surface area contributed by atoms with E-state index >= 15 is 0 Å². The van der Waals surface area contributed by atoms with Gasteiger partial charge in [-0.05, 0) is 43.9 Å². The van der Waals surface area contributed by atoms with Crippen molar-refractivity contribution >= 4 is 5.91 Å². The third-order valence-electron chi connectivity index (χ3n) is 4.70. The van der Waals surface area contributed by atoms with Crippen molar-refractivity contribution in [2.24, 2.45) is 5.92 Å². The molecule has 25 heavy (non-hydrogen) atoms. The lowest BCUT2D eigenvalue weighted by Crippen LogP contribution is -2.35. The van der Waals surface area contributed by atoms with Crippen molar-refractivity contribution in [2.45, 2.75) is 25.8 Å². The highest BCUT2D eigenvalue weighted by Gasteiger charge is 2.30. The van der Waals surface area contributed by atoms with Gasteiger partial charge in [0.05, 0.1) is 11.4 Å². The summed E-state index contributed by atoms with van der Waals surface area (Å²) >= 11 is 0. The molecular weight excluding hydrogens is 310 g/mol. The van der Waals surface area contributed by atoms with Gasteiger partial charge in [0.2, 0.25) is 0 Å². The SMILES string of the molecule is CC(NC(=O)c1cc(-c2ccccc2)nn1-c1ccccc1)C1CC1. The van der Waals surface area contributed by atoms with E-state index in [9.17, 15) is 4.79 Å². The van der Waals surface area contributed by atoms with Gasteiger partial charge in [-0.15, -0.1) is 0 Å². The van der Waals surface area contributed by atoms with Gasteiger partial charge in [0.1, 0.15) is 5.69 Å². The summed E-state index contributed by atoms with van der Waals surface area (Å²) in [5.74, 6) is 0.545. The van der Waals surface area contributed by atoms with E-state index in [0.717, 1.165) is 16.9 Å². The molecule has 0 saturated heterocycles. The molecule has 1 aliphatic rings. The van der Waals surface area contributed by atoms with Crippen LogP contribution in [0.2, 0.25) is 0 Å². The molecule has 1 atom stereocenters. The Labute approximate surface area is 147 Å². The van der Waals surface area contributed by atoms with Crippen LogP contribution in [-0.2, 0) is 0 Å². The number of carbonyl (C=O) groups excluding carboxylic acids is 1. The summed E-state index contributed by atoms with van der Waals surface area (Å²) in [7, 11) is 0. The van der Waals surface area contributed by atoms with Gasteiger partial charge in [-0.2, -0.15) is 5.10 Å². The molecule has 1 N–H and O–H groups in total. The Morgan fingerprint density at radius 2 is 1.72 bits per heavy atom. The van der Waals surface area contributed by atoms with Crippen LogP contribution in [0, 0.1) is 5.92 Å². The molecule has 0 bridgehead atoms. The van der Waals surface area contributed by atoms with Gasteiger partial charge in [-0.3, -0.25) is 4.79 Å². The Bertz CT molecular complexity index is 867. The van der Waals surface area contributed by atoms with Crippen LogP contribution in [0.3, 0.4) is 0 Å². The molecule has 1 unspecified atom stereocenters. The molecule has 1 fully saturated rings. The summed E-state index contributed by atoms with van der Waals surface area (Å²) in [5.41, 5.74) is 3.25. The zero-order valence-corrected chi connectivity index (χ0v) is 14.2. The Morgan fingerprint density at radius 1 is 1.08 bits per heavy atom. The average Bonchev–Trinajstić information content (AvgIpc) is 3.41. The zero-order valence-electron chi connectivity index (χ0n) is 14.2. The molecule has 0 spiro atoms. The van der Waals surface area contributed by atoms with Gasteiger partial charge < -0.3 is 5.32 Å². The van der Waals surface area contributed by atoms with Crippen LogP contribution in [0.4, 0.5) is 0 Å². The third-order valence-corrected chi connectivity index (χ3v) is 4.70. The molecule has 4 nitrogen and oxygen atoms in total. The van der Waals surface area contributed by atoms with Gasteiger partial charge in [0, 0.05) is 11.6 Å². The van der Waals surface area contributed by atoms with E-state index in [1.54, 1.807) is 4.68 Å². The molecule has 3 aromatic rings. The standard InChI is InChI=1S/C21H21N3O/c1-15(16-12-13-16)22-21(25)20-14-19(17-8-4-2-5-9-17)23-24(20)18-10-6-3-7-11-18/h2-11,14-16H,12-13H2,1H3,(H,22,25). The maximum absolute atomic E-state index is 12.9. The highest BCUT2D eigenvalue weighted by molar-refractivity contribution is 5.94. The molecule has 0 aliphatic heterocycles. The number of nitrogens with zero attached hydrogens (tertiary/aromatic N) is 2. The van der Waals surface area contributed by atoms with E-state index in [1.165, 1.54) is 12.8 Å². The number of rotatable bonds is 5. The minimum atomic E-state index is -0.0714. The highest BCUT2D eigenvalue weighted by Crippen LogP contribution is 2.32. The van der Waals surface area contributed by atoms with Gasteiger partial charge in [-0.1, -0.05) is 48.5 Å². The van der Waals surface area contributed by atoms with Crippen molar-refractivity contribution in [3.8, 4) is 16.9 Å². The predicted octanol–water partition coefficient (Wildman–Crippen LogP) is 4.07. The van der Waals surface area contributed by atoms with Crippen LogP contribution in [0.25, 0.3) is 16.9 Å². The zero-order chi connectivity index (χ0) is 17.2. The van der Waals surface area contributed by atoms with Crippen molar-refractivity contribution in [3.63, 3.8) is 0 Å². The van der Waals surface area contributed by atoms with Crippen molar-refractivity contribution in [1.82, 2.24) is 15.1 Å². The fraction of sp³-hybridized carbons (Fsp3) is 0.238. The summed E-state index contributed by atoms with van der Waals surface area (Å²) in [6, 6.07) is 21.8. The Kier molecular flexibility index (Phi) is 4.10. The molecule has 1 aliphatic carbocycles. The van der Waals surface area contributed by atoms with Crippen molar-refractivity contribution in [2.75, 3.05) is 0 Å². The summed E-state index contributed by atoms with van der Waals surface area (Å²) in [6.07, 6.45) is 2.41. The van der Waals surface area contributed by atoms with E-state index < -0.39 is 0 Å². The van der Waals surface area contributed by atoms with Crippen LogP contribution in [0.5, 0.6) is 0 Å². The average molecular weight is 331 g/mol. The van der Waals surface area contributed by atoms with Crippen LogP contribution in [0.15, 0.2) is 66.7 Å². The number of amides is 1. The highest BCUT2D eigenvalue weighted by atomic mass is 16.2. The maximum atomic E-state index is 12.9. The van der Waals surface area contributed by atoms with Crippen molar-refractivity contribution < 1.29 is 4.79 Å². The quantitative estimate of drug-likeness (QED) is 0.766. The molecule has 1 amide bonds. The van der Waals surface area contributed by atoms with Gasteiger partial charge in [0.15, 0.2) is 0 Å². The van der Waals surface area contributed by atoms with Crippen LogP contribution >= 0.6 is 0 Å². The molecular formula is C21H21N3O. The van der Waals surface area contributed by atoms with Crippen LogP contribution in [-0.4, -0.2) is 21.7 Å². The summed E-state index contributed by atoms with van der Waals surface area (Å²) in [4.78, 5) is 12.9. The molecule has 4 heteroatoms. The maximum Gasteiger partial charge on any atom is 0.270 e. The van der Waals surface area contributed by atoms with Gasteiger partial charge in [0.25, 0.3) is 5.91 Å². The summed E-state index contributed by atoms with van der Waals surface area (Å²) in [5, 5.41) is 7.83. The van der Waals surface area contributed by atoms with E-state index in [1.807, 2.05) is 66.7 Å². The molecule has 1 saturated carbocycles. The predicted molar refractivity (Wildman–Crippen MR) is 98.7 cm³/mol. The number of carbonyl (C=O) groups is 1. The fourth-order valence-corrected chi connectivity index (χ4v) is 3.05. The molecule has 126 valence electrons. The minimum absolute atomic E-state index is 0.0714. The number of aromatic nitrogens is 2. The topological polar surface area (TPSA) is 46.9 Å². The molecule has 1 aromatic heterocycles. The van der Waals surface area contributed by atoms with Crippen molar-refractivity contribution in [1.29, 1.82) is 0 Å². The number of hydrogen-bond donors (Lipinski definition) is 1. The van der Waals surface area contributed by atoms with Crippen LogP contribution in [0.1, 0.15) is 30.3 Å². The van der Waals surface area contributed by atoms with E-state index in [2.05, 4.69) is 12.2 Å². The summed E-state index contributed by atoms with van der Waals surface area (Å²) < 4.78 is 1.73. The monoisotopic (exact) mass is 331 g/mol. The molecule has 1 heterocycles. The fourth-order valence-electron chi connectivity index (χ4n) is 3.05. The van der Waals surface area contributed by atoms with Gasteiger partial charge >= 0.3 is 0 Å². The van der Waals surface area contributed by atoms with E-state index in [0.29, 0.717) is 11.6 Å². The normalized spacial score (nSPS) is 14.9. The number of para-hydroxylation sites is 1. The number of hydrogen-bond acceptors (Lipinski definition) is 2. The Balaban J connectivity index is 1.72. The smallest absolute Gasteiger partial charge is 0.270 e. The first-order chi connectivity index (χ1) is 12.2. The molecule has 0 radical (unpaired) electrons. The van der Waals surface area contributed by atoms with Crippen molar-refractivity contribution in [3.05, 3.63) is 72.4 Å². The lowest BCUT2D eigenvalue weighted by Gasteiger charge is -2.13. The first kappa shape index (κ1) is 15.6. The molecule has 2 aromatic carbocycles. The minimum Gasteiger partial charge on any atom is -0.348 e. The lowest BCUT2D eigenvalue weighted by molar-refractivity contribution is 0.0928. The second-order valence-corrected chi connectivity index (χ2v) is 6.63. The largest absolute Gasteiger partial charge is 0.348 e. The van der Waals surface area contributed by atoms with Gasteiger partial charge in [-0.25, -0.2) is 4.68 Å². The second kappa shape index (κ2) is 6.55. The lowest BCUT2D eigenvalue weighted by atomic mass is 10.1. The van der Waals surface area contributed by atoms with E-state index in [4.69, 9.17) is 5.10 Å². The second-order valence-electron chi connectivity index (χ2n) is 6.63. The first-order valence-electron chi connectivity index (χ1n) is 8.74. The molecule has 4 rings (SSSR count). The third kappa shape index (κ3) is 3.33. The Hall–Kier alpha value is -2.88. The Morgan fingerprint density at radius 3 is 2.36 bits per heavy atom. The number of nitrogens with one attached hydrogen (secondary N) is 1. The van der Waals surface area contributed by atoms with Crippen LogP contribution < -0.4 is 5.32 Å². The first-order valence-corrected chi connectivity index (χ1v) is 8.74. The number of benzene rings is 2. The summed E-state index contributed by atoms with van der Waals surface area (Å²) in [6.45, 7) is 2.08. The van der Waals surface area contributed by atoms with E-state index in [-0.39, 0.29) is 11.9 Å².